The second-order valence-electron chi connectivity index (χ2n) is 5.05. The summed E-state index contributed by atoms with van der Waals surface area (Å²) in [6.45, 7) is 11.8. The van der Waals surface area contributed by atoms with Gasteiger partial charge in [0, 0.05) is 0 Å². The summed E-state index contributed by atoms with van der Waals surface area (Å²) in [6.07, 6.45) is 0. The molecule has 0 amide bonds. The van der Waals surface area contributed by atoms with E-state index < -0.39 is 11.2 Å². The van der Waals surface area contributed by atoms with Crippen molar-refractivity contribution in [1.29, 1.82) is 0 Å². The van der Waals surface area contributed by atoms with Crippen LogP contribution in [0.1, 0.15) is 41.5 Å². The molecule has 0 saturated heterocycles. The molecule has 0 fully saturated rings. The lowest BCUT2D eigenvalue weighted by atomic mass is 9.69. The van der Waals surface area contributed by atoms with E-state index in [1.165, 1.54) is 0 Å². The fourth-order valence-electron chi connectivity index (χ4n) is 1.47. The highest BCUT2D eigenvalue weighted by Crippen LogP contribution is 2.40. The van der Waals surface area contributed by atoms with Gasteiger partial charge in [-0.3, -0.25) is 0 Å². The first-order valence-electron chi connectivity index (χ1n) is 4.34. The molecule has 12 heavy (non-hydrogen) atoms. The van der Waals surface area contributed by atoms with Crippen molar-refractivity contribution in [2.75, 3.05) is 0 Å². The van der Waals surface area contributed by atoms with Crippen molar-refractivity contribution in [3.05, 3.63) is 0 Å². The molecule has 1 atom stereocenters. The number of hydrogen-bond donors (Lipinski definition) is 1. The topological polar surface area (TPSA) is 29.5 Å². The van der Waals surface area contributed by atoms with Crippen LogP contribution in [0, 0.1) is 5.41 Å². The summed E-state index contributed by atoms with van der Waals surface area (Å²) < 4.78 is 5.56. The van der Waals surface area contributed by atoms with Gasteiger partial charge in [-0.2, -0.15) is 0 Å². The van der Waals surface area contributed by atoms with Crippen LogP contribution in [0.25, 0.3) is 0 Å². The average molecular weight is 190 g/mol. The van der Waals surface area contributed by atoms with Gasteiger partial charge in [-0.05, 0) is 26.2 Å². The first kappa shape index (κ1) is 12.1. The predicted molar refractivity (Wildman–Crippen MR) is 55.2 cm³/mol. The molecule has 2 nitrogen and oxygen atoms in total. The zero-order chi connectivity index (χ0) is 10.2. The number of aliphatic hydroxyl groups is 1. The van der Waals surface area contributed by atoms with Crippen LogP contribution >= 0.6 is 0 Å². The van der Waals surface area contributed by atoms with Crippen molar-refractivity contribution in [2.45, 2.75) is 52.7 Å². The molecule has 0 heterocycles. The maximum atomic E-state index is 9.97. The van der Waals surface area contributed by atoms with Crippen molar-refractivity contribution in [3.8, 4) is 0 Å². The molecule has 0 bridgehead atoms. The van der Waals surface area contributed by atoms with Crippen LogP contribution in [0.3, 0.4) is 0 Å². The zero-order valence-corrected chi connectivity index (χ0v) is 11.4. The lowest BCUT2D eigenvalue weighted by Crippen LogP contribution is -2.57. The molecular formula is C9H22O2Si. The molecule has 0 saturated carbocycles. The van der Waals surface area contributed by atoms with Crippen LogP contribution in [-0.2, 0) is 4.43 Å². The van der Waals surface area contributed by atoms with Crippen LogP contribution in [0.15, 0.2) is 0 Å². The molecule has 0 aliphatic carbocycles. The van der Waals surface area contributed by atoms with Crippen molar-refractivity contribution in [3.63, 3.8) is 0 Å². The number of rotatable bonds is 2. The third kappa shape index (κ3) is 1.89. The van der Waals surface area contributed by atoms with Crippen LogP contribution in [0.4, 0.5) is 0 Å². The monoisotopic (exact) mass is 190 g/mol. The quantitative estimate of drug-likeness (QED) is 0.655. The molecular weight excluding hydrogens is 168 g/mol. The van der Waals surface area contributed by atoms with E-state index in [0.29, 0.717) is 10.5 Å². The van der Waals surface area contributed by atoms with Gasteiger partial charge < -0.3 is 9.53 Å². The summed E-state index contributed by atoms with van der Waals surface area (Å²) >= 11 is 0. The highest BCUT2D eigenvalue weighted by Gasteiger charge is 2.48. The van der Waals surface area contributed by atoms with E-state index in [-0.39, 0.29) is 5.41 Å². The molecule has 0 aromatic carbocycles. The van der Waals surface area contributed by atoms with E-state index in [2.05, 4.69) is 20.8 Å². The van der Waals surface area contributed by atoms with Crippen LogP contribution < -0.4 is 0 Å². The standard InChI is InChI=1S/C9H22O2Si/c1-7(2,3)9(6,11-12)8(4,5)10/h10H,1-6,12H3. The van der Waals surface area contributed by atoms with Crippen molar-refractivity contribution < 1.29 is 9.53 Å². The molecule has 0 spiro atoms. The van der Waals surface area contributed by atoms with E-state index in [0.717, 1.165) is 0 Å². The van der Waals surface area contributed by atoms with E-state index in [1.807, 2.05) is 6.92 Å². The maximum absolute atomic E-state index is 9.97. The Morgan fingerprint density at radius 3 is 1.33 bits per heavy atom. The molecule has 0 aliphatic heterocycles. The van der Waals surface area contributed by atoms with Gasteiger partial charge in [-0.15, -0.1) is 0 Å². The summed E-state index contributed by atoms with van der Waals surface area (Å²) in [5.41, 5.74) is -1.31. The first-order valence-corrected chi connectivity index (χ1v) is 5.15. The minimum atomic E-state index is -0.799. The molecule has 0 aromatic rings. The molecule has 0 radical (unpaired) electrons. The van der Waals surface area contributed by atoms with Crippen molar-refractivity contribution in [2.24, 2.45) is 5.41 Å². The van der Waals surface area contributed by atoms with Crippen LogP contribution in [0.2, 0.25) is 0 Å². The molecule has 1 unspecified atom stereocenters. The minimum Gasteiger partial charge on any atom is -0.419 e. The van der Waals surface area contributed by atoms with Gasteiger partial charge in [0.2, 0.25) is 0 Å². The highest BCUT2D eigenvalue weighted by molar-refractivity contribution is 5.98. The summed E-state index contributed by atoms with van der Waals surface area (Å²) in [5, 5.41) is 9.97. The minimum absolute atomic E-state index is 0.0486. The SMILES string of the molecule is CC(C)(C)C(C)(O[SiH3])C(C)(C)O. The number of hydrogen-bond acceptors (Lipinski definition) is 2. The maximum Gasteiger partial charge on any atom is 0.146 e. The van der Waals surface area contributed by atoms with Crippen molar-refractivity contribution in [1.82, 2.24) is 0 Å². The Balaban J connectivity index is 4.95. The van der Waals surface area contributed by atoms with Gasteiger partial charge in [-0.25, -0.2) is 0 Å². The van der Waals surface area contributed by atoms with Crippen LogP contribution in [-0.4, -0.2) is 26.8 Å². The Morgan fingerprint density at radius 2 is 1.33 bits per heavy atom. The van der Waals surface area contributed by atoms with Gasteiger partial charge in [0.25, 0.3) is 0 Å². The fourth-order valence-corrected chi connectivity index (χ4v) is 2.59. The van der Waals surface area contributed by atoms with Gasteiger partial charge in [0.15, 0.2) is 0 Å². The largest absolute Gasteiger partial charge is 0.419 e. The zero-order valence-electron chi connectivity index (χ0n) is 9.36. The molecule has 3 heteroatoms. The van der Waals surface area contributed by atoms with Gasteiger partial charge in [-0.1, -0.05) is 20.8 Å². The van der Waals surface area contributed by atoms with Crippen molar-refractivity contribution >= 4 is 10.5 Å². The van der Waals surface area contributed by atoms with Gasteiger partial charge >= 0.3 is 0 Å². The third-order valence-corrected chi connectivity index (χ3v) is 3.82. The Kier molecular flexibility index (Phi) is 3.16. The second-order valence-corrected chi connectivity index (χ2v) is 5.45. The normalized spacial score (nSPS) is 19.2. The Bertz CT molecular complexity index is 139. The summed E-state index contributed by atoms with van der Waals surface area (Å²) in [6, 6.07) is 0. The Hall–Kier alpha value is 0.137. The molecule has 0 aliphatic rings. The lowest BCUT2D eigenvalue weighted by Gasteiger charge is -2.49. The lowest BCUT2D eigenvalue weighted by molar-refractivity contribution is -0.156. The summed E-state index contributed by atoms with van der Waals surface area (Å²) in [7, 11) is 0.648. The summed E-state index contributed by atoms with van der Waals surface area (Å²) in [4.78, 5) is 0. The van der Waals surface area contributed by atoms with Gasteiger partial charge in [0.1, 0.15) is 10.5 Å². The fraction of sp³-hybridized carbons (Fsp3) is 1.00. The highest BCUT2D eigenvalue weighted by atomic mass is 28.2. The Labute approximate surface area is 78.9 Å². The smallest absolute Gasteiger partial charge is 0.146 e. The van der Waals surface area contributed by atoms with E-state index in [4.69, 9.17) is 4.43 Å². The average Bonchev–Trinajstić information content (AvgIpc) is 1.81. The molecule has 74 valence electrons. The van der Waals surface area contributed by atoms with E-state index in [9.17, 15) is 5.11 Å². The van der Waals surface area contributed by atoms with E-state index in [1.54, 1.807) is 13.8 Å². The summed E-state index contributed by atoms with van der Waals surface area (Å²) in [5.74, 6) is 0. The molecule has 1 N–H and O–H groups in total. The van der Waals surface area contributed by atoms with Gasteiger partial charge in [0.05, 0.1) is 11.2 Å². The predicted octanol–water partition coefficient (Wildman–Crippen LogP) is 0.859. The first-order chi connectivity index (χ1) is 5.06. The molecule has 0 rings (SSSR count). The molecule has 0 aromatic heterocycles. The third-order valence-electron chi connectivity index (χ3n) is 3.01. The van der Waals surface area contributed by atoms with E-state index >= 15 is 0 Å². The second kappa shape index (κ2) is 3.12. The Morgan fingerprint density at radius 1 is 1.00 bits per heavy atom. The van der Waals surface area contributed by atoms with Crippen LogP contribution in [0.5, 0.6) is 0 Å².